The second kappa shape index (κ2) is 4.82. The van der Waals surface area contributed by atoms with Gasteiger partial charge in [0.2, 0.25) is 0 Å². The molecule has 6 heteroatoms. The Balaban J connectivity index is 1.50. The molecule has 0 bridgehead atoms. The minimum atomic E-state index is -0.438. The molecule has 2 aliphatic heterocycles. The Morgan fingerprint density at radius 2 is 2.00 bits per heavy atom. The summed E-state index contributed by atoms with van der Waals surface area (Å²) in [4.78, 5) is 18.5. The van der Waals surface area contributed by atoms with E-state index in [-0.39, 0.29) is 5.91 Å². The Bertz CT molecular complexity index is 666. The van der Waals surface area contributed by atoms with E-state index < -0.39 is 5.79 Å². The van der Waals surface area contributed by atoms with Crippen LogP contribution in [-0.4, -0.2) is 52.3 Å². The van der Waals surface area contributed by atoms with Crippen LogP contribution < -0.4 is 0 Å². The van der Waals surface area contributed by atoms with E-state index in [1.807, 2.05) is 27.6 Å². The van der Waals surface area contributed by atoms with Gasteiger partial charge in [-0.15, -0.1) is 0 Å². The van der Waals surface area contributed by atoms with Gasteiger partial charge in [-0.1, -0.05) is 0 Å². The molecule has 4 heterocycles. The van der Waals surface area contributed by atoms with Gasteiger partial charge in [-0.25, -0.2) is 4.98 Å². The van der Waals surface area contributed by atoms with Gasteiger partial charge in [0.05, 0.1) is 31.3 Å². The average molecular weight is 287 g/mol. The second-order valence-electron chi connectivity index (χ2n) is 5.54. The fourth-order valence-corrected chi connectivity index (χ4v) is 3.07. The zero-order chi connectivity index (χ0) is 14.3. The third-order valence-electron chi connectivity index (χ3n) is 4.29. The van der Waals surface area contributed by atoms with Gasteiger partial charge in [-0.2, -0.15) is 0 Å². The number of pyridine rings is 1. The van der Waals surface area contributed by atoms with E-state index >= 15 is 0 Å². The Kier molecular flexibility index (Phi) is 2.94. The molecule has 2 aromatic heterocycles. The molecule has 4 rings (SSSR count). The third-order valence-corrected chi connectivity index (χ3v) is 4.29. The summed E-state index contributed by atoms with van der Waals surface area (Å²) in [6.07, 6.45) is 6.83. The van der Waals surface area contributed by atoms with E-state index in [1.54, 1.807) is 12.5 Å². The first kappa shape index (κ1) is 12.8. The Morgan fingerprint density at radius 3 is 2.76 bits per heavy atom. The van der Waals surface area contributed by atoms with E-state index in [4.69, 9.17) is 9.47 Å². The van der Waals surface area contributed by atoms with Crippen LogP contribution in [0.3, 0.4) is 0 Å². The number of likely N-dealkylation sites (tertiary alicyclic amines) is 1. The highest BCUT2D eigenvalue weighted by atomic mass is 16.7. The zero-order valence-corrected chi connectivity index (χ0v) is 11.7. The van der Waals surface area contributed by atoms with Crippen molar-refractivity contribution in [1.82, 2.24) is 14.3 Å². The standard InChI is InChI=1S/C15H17N3O3/c19-14(12-1-4-18-11-16-10-13(18)9-12)17-5-2-15(3-6-17)20-7-8-21-15/h1,4,9-11H,2-3,5-8H2. The molecule has 2 saturated heterocycles. The van der Waals surface area contributed by atoms with Crippen LogP contribution in [0.2, 0.25) is 0 Å². The molecule has 0 aliphatic carbocycles. The van der Waals surface area contributed by atoms with Crippen molar-refractivity contribution < 1.29 is 14.3 Å². The fraction of sp³-hybridized carbons (Fsp3) is 0.467. The van der Waals surface area contributed by atoms with E-state index in [0.717, 1.165) is 18.4 Å². The summed E-state index contributed by atoms with van der Waals surface area (Å²) < 4.78 is 13.3. The first-order chi connectivity index (χ1) is 10.3. The molecule has 0 radical (unpaired) electrons. The molecule has 0 atom stereocenters. The molecule has 0 saturated carbocycles. The van der Waals surface area contributed by atoms with Crippen molar-refractivity contribution in [2.75, 3.05) is 26.3 Å². The van der Waals surface area contributed by atoms with Crippen molar-refractivity contribution >= 4 is 11.4 Å². The van der Waals surface area contributed by atoms with Crippen LogP contribution in [0, 0.1) is 0 Å². The van der Waals surface area contributed by atoms with Crippen molar-refractivity contribution in [3.05, 3.63) is 36.4 Å². The average Bonchev–Trinajstić information content (AvgIpc) is 3.16. The molecule has 21 heavy (non-hydrogen) atoms. The van der Waals surface area contributed by atoms with Crippen LogP contribution in [-0.2, 0) is 9.47 Å². The molecule has 2 aliphatic rings. The molecule has 6 nitrogen and oxygen atoms in total. The Hall–Kier alpha value is -1.92. The maximum absolute atomic E-state index is 12.6. The summed E-state index contributed by atoms with van der Waals surface area (Å²) in [7, 11) is 0. The number of amides is 1. The molecular weight excluding hydrogens is 270 g/mol. The molecule has 1 amide bonds. The number of carbonyl (C=O) groups is 1. The highest BCUT2D eigenvalue weighted by molar-refractivity contribution is 5.95. The number of carbonyl (C=O) groups excluding carboxylic acids is 1. The van der Waals surface area contributed by atoms with Gasteiger partial charge in [-0.3, -0.25) is 4.79 Å². The second-order valence-corrected chi connectivity index (χ2v) is 5.54. The van der Waals surface area contributed by atoms with Crippen molar-refractivity contribution in [2.45, 2.75) is 18.6 Å². The lowest BCUT2D eigenvalue weighted by atomic mass is 10.0. The predicted molar refractivity (Wildman–Crippen MR) is 75.0 cm³/mol. The Labute approximate surface area is 122 Å². The van der Waals surface area contributed by atoms with Crippen LogP contribution in [0.4, 0.5) is 0 Å². The zero-order valence-electron chi connectivity index (χ0n) is 11.7. The summed E-state index contributed by atoms with van der Waals surface area (Å²) in [5.74, 6) is -0.377. The van der Waals surface area contributed by atoms with Crippen LogP contribution in [0.1, 0.15) is 23.2 Å². The largest absolute Gasteiger partial charge is 0.347 e. The van der Waals surface area contributed by atoms with Crippen LogP contribution in [0.25, 0.3) is 5.52 Å². The van der Waals surface area contributed by atoms with Crippen LogP contribution in [0.15, 0.2) is 30.9 Å². The van der Waals surface area contributed by atoms with Crippen molar-refractivity contribution in [3.63, 3.8) is 0 Å². The summed E-state index contributed by atoms with van der Waals surface area (Å²) in [6, 6.07) is 3.71. The van der Waals surface area contributed by atoms with E-state index in [0.29, 0.717) is 31.9 Å². The summed E-state index contributed by atoms with van der Waals surface area (Å²) in [5.41, 5.74) is 1.63. The molecule has 0 unspecified atom stereocenters. The maximum atomic E-state index is 12.6. The van der Waals surface area contributed by atoms with Gasteiger partial charge in [0.1, 0.15) is 0 Å². The SMILES string of the molecule is O=C(c1ccn2cncc2c1)N1CCC2(CC1)OCCO2. The molecule has 110 valence electrons. The van der Waals surface area contributed by atoms with Crippen molar-refractivity contribution in [2.24, 2.45) is 0 Å². The number of fused-ring (bicyclic) bond motifs is 1. The van der Waals surface area contributed by atoms with Crippen molar-refractivity contribution in [1.29, 1.82) is 0 Å². The summed E-state index contributed by atoms with van der Waals surface area (Å²) in [6.45, 7) is 2.66. The molecule has 2 aromatic rings. The van der Waals surface area contributed by atoms with Crippen LogP contribution in [0.5, 0.6) is 0 Å². The fourth-order valence-electron chi connectivity index (χ4n) is 3.07. The number of hydrogen-bond acceptors (Lipinski definition) is 4. The van der Waals surface area contributed by atoms with E-state index in [2.05, 4.69) is 4.98 Å². The van der Waals surface area contributed by atoms with E-state index in [9.17, 15) is 4.79 Å². The molecular formula is C15H17N3O3. The minimum Gasteiger partial charge on any atom is -0.347 e. The normalized spacial score (nSPS) is 21.2. The number of hydrogen-bond donors (Lipinski definition) is 0. The molecule has 0 aromatic carbocycles. The van der Waals surface area contributed by atoms with Gasteiger partial charge in [0.25, 0.3) is 5.91 Å². The summed E-state index contributed by atoms with van der Waals surface area (Å²) in [5, 5.41) is 0. The number of nitrogens with zero attached hydrogens (tertiary/aromatic N) is 3. The van der Waals surface area contributed by atoms with Gasteiger partial charge >= 0.3 is 0 Å². The topological polar surface area (TPSA) is 56.1 Å². The molecule has 1 spiro atoms. The number of rotatable bonds is 1. The Morgan fingerprint density at radius 1 is 1.24 bits per heavy atom. The number of piperidine rings is 1. The van der Waals surface area contributed by atoms with Gasteiger partial charge < -0.3 is 18.8 Å². The third kappa shape index (κ3) is 2.20. The maximum Gasteiger partial charge on any atom is 0.253 e. The van der Waals surface area contributed by atoms with Gasteiger partial charge in [0, 0.05) is 37.7 Å². The lowest BCUT2D eigenvalue weighted by Crippen LogP contribution is -2.47. The lowest BCUT2D eigenvalue weighted by molar-refractivity contribution is -0.181. The quantitative estimate of drug-likeness (QED) is 0.793. The lowest BCUT2D eigenvalue weighted by Gasteiger charge is -2.37. The molecule has 0 N–H and O–H groups in total. The smallest absolute Gasteiger partial charge is 0.253 e. The van der Waals surface area contributed by atoms with Gasteiger partial charge in [0.15, 0.2) is 5.79 Å². The van der Waals surface area contributed by atoms with Crippen LogP contribution >= 0.6 is 0 Å². The first-order valence-electron chi connectivity index (χ1n) is 7.25. The van der Waals surface area contributed by atoms with Crippen molar-refractivity contribution in [3.8, 4) is 0 Å². The number of aromatic nitrogens is 2. The molecule has 2 fully saturated rings. The number of imidazole rings is 1. The minimum absolute atomic E-state index is 0.0616. The first-order valence-corrected chi connectivity index (χ1v) is 7.25. The monoisotopic (exact) mass is 287 g/mol. The van der Waals surface area contributed by atoms with E-state index in [1.165, 1.54) is 0 Å². The predicted octanol–water partition coefficient (Wildman–Crippen LogP) is 1.31. The number of ether oxygens (including phenoxy) is 2. The summed E-state index contributed by atoms with van der Waals surface area (Å²) >= 11 is 0. The highest BCUT2D eigenvalue weighted by Crippen LogP contribution is 2.31. The van der Waals surface area contributed by atoms with Gasteiger partial charge in [-0.05, 0) is 12.1 Å². The highest BCUT2D eigenvalue weighted by Gasteiger charge is 2.40.